The molecular weight excluding hydrogens is 588 g/mol. The largest absolute Gasteiger partial charge is 0.464 e. The minimum atomic E-state index is -0.468. The highest BCUT2D eigenvalue weighted by Gasteiger charge is 2.11. The molecular formula is C34H34N6O6. The summed E-state index contributed by atoms with van der Waals surface area (Å²) in [7, 11) is 0. The van der Waals surface area contributed by atoms with E-state index in [0.717, 1.165) is 16.8 Å². The second-order valence-electron chi connectivity index (χ2n) is 9.95. The fraction of sp³-hybridized carbons (Fsp3) is 0.294. The summed E-state index contributed by atoms with van der Waals surface area (Å²) in [4.78, 5) is 36.0. The van der Waals surface area contributed by atoms with Crippen LogP contribution in [0.2, 0.25) is 0 Å². The van der Waals surface area contributed by atoms with E-state index >= 15 is 0 Å². The van der Waals surface area contributed by atoms with Crippen molar-refractivity contribution < 1.29 is 24.0 Å². The van der Waals surface area contributed by atoms with E-state index in [9.17, 15) is 19.7 Å². The minimum Gasteiger partial charge on any atom is -0.464 e. The highest BCUT2D eigenvalue weighted by molar-refractivity contribution is 5.70. The van der Waals surface area contributed by atoms with Gasteiger partial charge in [0.1, 0.15) is 13.2 Å². The van der Waals surface area contributed by atoms with Crippen LogP contribution >= 0.6 is 0 Å². The van der Waals surface area contributed by atoms with Gasteiger partial charge in [-0.25, -0.2) is 0 Å². The molecule has 12 nitrogen and oxygen atoms in total. The van der Waals surface area contributed by atoms with Crippen molar-refractivity contribution in [1.29, 1.82) is 0 Å². The zero-order valence-corrected chi connectivity index (χ0v) is 25.7. The second-order valence-corrected chi connectivity index (χ2v) is 9.95. The number of hydrogen-bond acceptors (Lipinski definition) is 11. The van der Waals surface area contributed by atoms with Gasteiger partial charge in [-0.3, -0.25) is 19.7 Å². The summed E-state index contributed by atoms with van der Waals surface area (Å²) in [6, 6.07) is 16.8. The van der Waals surface area contributed by atoms with Crippen LogP contribution in [0.4, 0.5) is 34.1 Å². The number of nitro groups is 1. The first-order valence-electron chi connectivity index (χ1n) is 14.4. The van der Waals surface area contributed by atoms with Gasteiger partial charge in [0.2, 0.25) is 0 Å². The number of terminal acetylenes is 2. The van der Waals surface area contributed by atoms with Gasteiger partial charge in [0.25, 0.3) is 5.69 Å². The maximum Gasteiger partial charge on any atom is 0.306 e. The van der Waals surface area contributed by atoms with Crippen LogP contribution in [0.1, 0.15) is 36.8 Å². The highest BCUT2D eigenvalue weighted by atomic mass is 16.6. The van der Waals surface area contributed by atoms with Crippen molar-refractivity contribution in [2.24, 2.45) is 20.5 Å². The maximum absolute atomic E-state index is 11.9. The third kappa shape index (κ3) is 11.3. The molecule has 0 aliphatic carbocycles. The van der Waals surface area contributed by atoms with Crippen molar-refractivity contribution in [3.63, 3.8) is 0 Å². The molecule has 0 heterocycles. The molecule has 46 heavy (non-hydrogen) atoms. The van der Waals surface area contributed by atoms with Gasteiger partial charge >= 0.3 is 11.9 Å². The number of nitrogens with zero attached hydrogens (tertiary/aromatic N) is 6. The average molecular weight is 623 g/mol. The van der Waals surface area contributed by atoms with Crippen LogP contribution < -0.4 is 4.90 Å². The van der Waals surface area contributed by atoms with Gasteiger partial charge in [-0.1, -0.05) is 0 Å². The summed E-state index contributed by atoms with van der Waals surface area (Å²) >= 11 is 0. The highest BCUT2D eigenvalue weighted by Crippen LogP contribution is 2.32. The number of ether oxygens (including phenoxy) is 2. The first-order chi connectivity index (χ1) is 22.2. The van der Waals surface area contributed by atoms with E-state index in [1.807, 2.05) is 43.0 Å². The number of rotatable bonds is 16. The van der Waals surface area contributed by atoms with Crippen LogP contribution in [0.25, 0.3) is 0 Å². The summed E-state index contributed by atoms with van der Waals surface area (Å²) < 4.78 is 10.6. The van der Waals surface area contributed by atoms with E-state index in [1.165, 1.54) is 24.3 Å². The van der Waals surface area contributed by atoms with E-state index in [2.05, 4.69) is 32.3 Å². The SMILES string of the molecule is C#CCCC(=O)OCCN(CCOC(=O)CCC#C)c1ccc(N=Nc2cc(C)c(N=Nc3ccc([N+](=O)[O-])cc3)c(C)c2)cc1. The third-order valence-corrected chi connectivity index (χ3v) is 6.49. The Kier molecular flexibility index (Phi) is 13.6. The molecule has 0 bridgehead atoms. The molecule has 236 valence electrons. The van der Waals surface area contributed by atoms with E-state index < -0.39 is 4.92 Å². The van der Waals surface area contributed by atoms with Gasteiger partial charge in [0, 0.05) is 30.7 Å². The van der Waals surface area contributed by atoms with Crippen LogP contribution in [0, 0.1) is 48.6 Å². The standard InChI is InChI=1S/C34H34N6O6/c1-5-7-9-32(41)45-21-19-39(20-22-46-33(42)10-8-6-2)30-15-11-27(12-16-30)35-37-29-23-25(3)34(26(4)24-29)38-36-28-13-17-31(18-14-28)40(43)44/h1-2,11-18,23-24H,7-10,19-22H2,3-4H3. The number of carbonyl (C=O) groups is 2. The average Bonchev–Trinajstić information content (AvgIpc) is 3.04. The summed E-state index contributed by atoms with van der Waals surface area (Å²) in [5.41, 5.74) is 4.89. The van der Waals surface area contributed by atoms with Crippen LogP contribution in [0.3, 0.4) is 0 Å². The fourth-order valence-corrected chi connectivity index (χ4v) is 4.14. The smallest absolute Gasteiger partial charge is 0.306 e. The Balaban J connectivity index is 1.66. The molecule has 0 aliphatic heterocycles. The quantitative estimate of drug-likeness (QED) is 0.0521. The second kappa shape index (κ2) is 18.0. The molecule has 0 saturated carbocycles. The lowest BCUT2D eigenvalue weighted by atomic mass is 10.1. The lowest BCUT2D eigenvalue weighted by molar-refractivity contribution is -0.384. The van der Waals surface area contributed by atoms with Crippen molar-refractivity contribution in [3.05, 3.63) is 81.9 Å². The van der Waals surface area contributed by atoms with Crippen LogP contribution in [-0.4, -0.2) is 43.2 Å². The molecule has 0 N–H and O–H groups in total. The van der Waals surface area contributed by atoms with Crippen LogP contribution in [0.15, 0.2) is 81.1 Å². The zero-order chi connectivity index (χ0) is 33.3. The third-order valence-electron chi connectivity index (χ3n) is 6.49. The molecule has 3 rings (SSSR count). The molecule has 3 aromatic carbocycles. The van der Waals surface area contributed by atoms with E-state index in [1.54, 1.807) is 12.1 Å². The topological polar surface area (TPSA) is 148 Å². The normalized spacial score (nSPS) is 10.8. The number of benzene rings is 3. The number of esters is 2. The summed E-state index contributed by atoms with van der Waals surface area (Å²) in [6.45, 7) is 4.79. The molecule has 0 radical (unpaired) electrons. The number of non-ortho nitro benzene ring substituents is 1. The number of anilines is 1. The predicted octanol–water partition coefficient (Wildman–Crippen LogP) is 7.76. The van der Waals surface area contributed by atoms with Crippen molar-refractivity contribution in [2.45, 2.75) is 39.5 Å². The van der Waals surface area contributed by atoms with Crippen molar-refractivity contribution in [2.75, 3.05) is 31.2 Å². The van der Waals surface area contributed by atoms with Crippen LogP contribution in [-0.2, 0) is 19.1 Å². The van der Waals surface area contributed by atoms with Gasteiger partial charge in [-0.15, -0.1) is 24.7 Å². The Hall–Kier alpha value is -5.88. The van der Waals surface area contributed by atoms with Gasteiger partial charge in [0.15, 0.2) is 0 Å². The number of hydrogen-bond donors (Lipinski definition) is 0. The lowest BCUT2D eigenvalue weighted by Crippen LogP contribution is -2.32. The molecule has 3 aromatic rings. The molecule has 0 amide bonds. The molecule has 0 unspecified atom stereocenters. The number of carbonyl (C=O) groups excluding carboxylic acids is 2. The summed E-state index contributed by atoms with van der Waals surface area (Å²) in [5.74, 6) is 4.08. The minimum absolute atomic E-state index is 0.0155. The number of aryl methyl sites for hydroxylation is 2. The fourth-order valence-electron chi connectivity index (χ4n) is 4.14. The Bertz CT molecular complexity index is 1590. The number of nitro benzene ring substituents is 1. The van der Waals surface area contributed by atoms with Crippen LogP contribution in [0.5, 0.6) is 0 Å². The van der Waals surface area contributed by atoms with Crippen molar-refractivity contribution >= 4 is 46.1 Å². The summed E-state index contributed by atoms with van der Waals surface area (Å²) in [6.07, 6.45) is 11.3. The molecule has 0 saturated heterocycles. The first-order valence-corrected chi connectivity index (χ1v) is 14.4. The Morgan fingerprint density at radius 1 is 0.761 bits per heavy atom. The van der Waals surface area contributed by atoms with Crippen molar-refractivity contribution in [3.8, 4) is 24.7 Å². The van der Waals surface area contributed by atoms with E-state index in [4.69, 9.17) is 22.3 Å². The Morgan fingerprint density at radius 2 is 1.22 bits per heavy atom. The summed E-state index contributed by atoms with van der Waals surface area (Å²) in [5, 5.41) is 28.1. The van der Waals surface area contributed by atoms with Gasteiger partial charge in [-0.2, -0.15) is 20.5 Å². The molecule has 0 spiro atoms. The molecule has 0 atom stereocenters. The Labute approximate surface area is 267 Å². The van der Waals surface area contributed by atoms with E-state index in [0.29, 0.717) is 48.7 Å². The zero-order valence-electron chi connectivity index (χ0n) is 25.7. The lowest BCUT2D eigenvalue weighted by Gasteiger charge is -2.24. The predicted molar refractivity (Wildman–Crippen MR) is 174 cm³/mol. The van der Waals surface area contributed by atoms with Gasteiger partial charge in [-0.05, 0) is 73.5 Å². The van der Waals surface area contributed by atoms with Gasteiger partial charge in [0.05, 0.1) is 53.6 Å². The molecule has 12 heteroatoms. The Morgan fingerprint density at radius 3 is 1.70 bits per heavy atom. The first kappa shape index (κ1) is 34.6. The monoisotopic (exact) mass is 622 g/mol. The molecule has 0 aliphatic rings. The van der Waals surface area contributed by atoms with Crippen molar-refractivity contribution in [1.82, 2.24) is 0 Å². The maximum atomic E-state index is 11.9. The van der Waals surface area contributed by atoms with E-state index in [-0.39, 0.29) is 43.7 Å². The molecule has 0 fully saturated rings. The number of azo groups is 2. The van der Waals surface area contributed by atoms with Gasteiger partial charge < -0.3 is 14.4 Å². The molecule has 0 aromatic heterocycles.